The molecule has 5 rings (SSSR count). The second kappa shape index (κ2) is 9.49. The average Bonchev–Trinajstić information content (AvgIpc) is 2.70. The Morgan fingerprint density at radius 1 is 1.10 bits per heavy atom. The summed E-state index contributed by atoms with van der Waals surface area (Å²) in [5.74, 6) is 2.96. The number of amides is 2. The number of rotatable bonds is 10. The van der Waals surface area contributed by atoms with E-state index in [1.165, 1.54) is 57.8 Å². The van der Waals surface area contributed by atoms with Crippen molar-refractivity contribution in [2.24, 2.45) is 23.2 Å². The van der Waals surface area contributed by atoms with Gasteiger partial charge in [0.15, 0.2) is 0 Å². The van der Waals surface area contributed by atoms with E-state index in [4.69, 9.17) is 0 Å². The smallest absolute Gasteiger partial charge is 0.317 e. The zero-order valence-corrected chi connectivity index (χ0v) is 18.2. The van der Waals surface area contributed by atoms with Crippen molar-refractivity contribution in [2.45, 2.75) is 77.6 Å². The van der Waals surface area contributed by atoms with Crippen LogP contribution in [0.5, 0.6) is 0 Å². The molecule has 160 valence electrons. The van der Waals surface area contributed by atoms with Gasteiger partial charge in [0.2, 0.25) is 0 Å². The van der Waals surface area contributed by atoms with Gasteiger partial charge in [-0.15, -0.1) is 0 Å². The molecule has 2 amide bonds. The fourth-order valence-corrected chi connectivity index (χ4v) is 6.79. The van der Waals surface area contributed by atoms with Crippen molar-refractivity contribution in [3.05, 3.63) is 30.1 Å². The van der Waals surface area contributed by atoms with Crippen molar-refractivity contribution >= 4 is 6.03 Å². The average molecular weight is 398 g/mol. The second-order valence-corrected chi connectivity index (χ2v) is 10.2. The third kappa shape index (κ3) is 5.32. The van der Waals surface area contributed by atoms with Crippen molar-refractivity contribution in [3.63, 3.8) is 0 Å². The van der Waals surface area contributed by atoms with E-state index in [0.29, 0.717) is 12.0 Å². The Morgan fingerprint density at radius 2 is 1.83 bits per heavy atom. The Bertz CT molecular complexity index is 624. The number of nitrogens with one attached hydrogen (secondary N) is 1. The Balaban J connectivity index is 1.29. The maximum absolute atomic E-state index is 12.9. The lowest BCUT2D eigenvalue weighted by molar-refractivity contribution is -0.0596. The van der Waals surface area contributed by atoms with Crippen LogP contribution in [-0.4, -0.2) is 35.5 Å². The lowest BCUT2D eigenvalue weighted by Crippen LogP contribution is -2.48. The predicted molar refractivity (Wildman–Crippen MR) is 118 cm³/mol. The molecule has 0 radical (unpaired) electrons. The topological polar surface area (TPSA) is 45.2 Å². The molecule has 29 heavy (non-hydrogen) atoms. The molecule has 4 aliphatic carbocycles. The van der Waals surface area contributed by atoms with Gasteiger partial charge in [-0.25, -0.2) is 4.79 Å². The highest BCUT2D eigenvalue weighted by molar-refractivity contribution is 5.74. The summed E-state index contributed by atoms with van der Waals surface area (Å²) in [5, 5.41) is 3.16. The Hall–Kier alpha value is -1.58. The first-order chi connectivity index (χ1) is 14.2. The van der Waals surface area contributed by atoms with Crippen LogP contribution in [0.25, 0.3) is 0 Å². The number of unbranched alkanes of at least 4 members (excludes halogenated alkanes) is 2. The summed E-state index contributed by atoms with van der Waals surface area (Å²) < 4.78 is 0. The molecule has 0 aromatic carbocycles. The number of aromatic nitrogens is 1. The van der Waals surface area contributed by atoms with Crippen LogP contribution in [0.3, 0.4) is 0 Å². The third-order valence-electron chi connectivity index (χ3n) is 7.78. The molecular weight excluding hydrogens is 358 g/mol. The first-order valence-corrected chi connectivity index (χ1v) is 12.1. The van der Waals surface area contributed by atoms with Crippen molar-refractivity contribution < 1.29 is 4.79 Å². The lowest BCUT2D eigenvalue weighted by Gasteiger charge is -2.57. The number of pyridine rings is 1. The molecule has 0 aliphatic heterocycles. The van der Waals surface area contributed by atoms with Crippen LogP contribution in [0.15, 0.2) is 24.4 Å². The Kier molecular flexibility index (Phi) is 6.77. The van der Waals surface area contributed by atoms with Crippen LogP contribution in [0.2, 0.25) is 0 Å². The van der Waals surface area contributed by atoms with Gasteiger partial charge in [-0.3, -0.25) is 4.98 Å². The molecule has 0 unspecified atom stereocenters. The number of hydrogen-bond donors (Lipinski definition) is 1. The van der Waals surface area contributed by atoms with Crippen LogP contribution in [0, 0.1) is 23.2 Å². The van der Waals surface area contributed by atoms with E-state index in [1.54, 1.807) is 0 Å². The zero-order valence-electron chi connectivity index (χ0n) is 18.2. The Morgan fingerprint density at radius 3 is 2.45 bits per heavy atom. The van der Waals surface area contributed by atoms with E-state index in [-0.39, 0.29) is 6.03 Å². The molecular formula is C25H39N3O. The molecule has 4 fully saturated rings. The molecule has 1 heterocycles. The summed E-state index contributed by atoms with van der Waals surface area (Å²) in [6, 6.07) is 6.09. The largest absolute Gasteiger partial charge is 0.338 e. The SMILES string of the molecule is CCCCCN(CCC12CC3CC(CC(C3)C1)C2)C(=O)NCCc1ccccn1. The van der Waals surface area contributed by atoms with Crippen molar-refractivity contribution in [1.29, 1.82) is 0 Å². The first-order valence-electron chi connectivity index (χ1n) is 12.1. The van der Waals surface area contributed by atoms with Gasteiger partial charge in [0.25, 0.3) is 0 Å². The second-order valence-electron chi connectivity index (χ2n) is 10.2. The maximum atomic E-state index is 12.9. The highest BCUT2D eigenvalue weighted by atomic mass is 16.2. The van der Waals surface area contributed by atoms with E-state index in [9.17, 15) is 4.79 Å². The molecule has 4 bridgehead atoms. The van der Waals surface area contributed by atoms with Gasteiger partial charge >= 0.3 is 6.03 Å². The summed E-state index contributed by atoms with van der Waals surface area (Å²) in [6.45, 7) is 4.73. The number of carbonyl (C=O) groups is 1. The normalized spacial score (nSPS) is 29.8. The van der Waals surface area contributed by atoms with Crippen LogP contribution < -0.4 is 5.32 Å². The number of nitrogens with zero attached hydrogens (tertiary/aromatic N) is 2. The molecule has 1 aromatic rings. The molecule has 4 nitrogen and oxygen atoms in total. The molecule has 4 saturated carbocycles. The van der Waals surface area contributed by atoms with Gasteiger partial charge in [-0.1, -0.05) is 25.8 Å². The van der Waals surface area contributed by atoms with Gasteiger partial charge in [0.05, 0.1) is 0 Å². The van der Waals surface area contributed by atoms with Gasteiger partial charge in [-0.2, -0.15) is 0 Å². The lowest BCUT2D eigenvalue weighted by atomic mass is 9.49. The summed E-state index contributed by atoms with van der Waals surface area (Å²) in [6.07, 6.45) is 16.1. The monoisotopic (exact) mass is 397 g/mol. The zero-order chi connectivity index (χ0) is 20.1. The van der Waals surface area contributed by atoms with E-state index >= 15 is 0 Å². The standard InChI is InChI=1S/C25H39N3O/c1-2-3-6-12-28(24(29)27-11-8-23-7-4-5-10-26-23)13-9-25-17-20-14-21(18-25)16-22(15-20)19-25/h4-5,7,10,20-22H,2-3,6,8-9,11-19H2,1H3,(H,27,29). The van der Waals surface area contributed by atoms with Crippen LogP contribution in [-0.2, 0) is 6.42 Å². The number of carbonyl (C=O) groups excluding carboxylic acids is 1. The van der Waals surface area contributed by atoms with E-state index in [0.717, 1.165) is 49.4 Å². The number of hydrogen-bond acceptors (Lipinski definition) is 2. The molecule has 0 saturated heterocycles. The van der Waals surface area contributed by atoms with E-state index in [1.807, 2.05) is 24.4 Å². The number of urea groups is 1. The summed E-state index contributed by atoms with van der Waals surface area (Å²) in [4.78, 5) is 19.4. The molecule has 0 atom stereocenters. The molecule has 1 N–H and O–H groups in total. The van der Waals surface area contributed by atoms with Gasteiger partial charge in [-0.05, 0) is 86.7 Å². The Labute approximate surface area is 176 Å². The quantitative estimate of drug-likeness (QED) is 0.535. The first kappa shape index (κ1) is 20.7. The van der Waals surface area contributed by atoms with E-state index < -0.39 is 0 Å². The fourth-order valence-electron chi connectivity index (χ4n) is 6.79. The summed E-state index contributed by atoms with van der Waals surface area (Å²) in [5.41, 5.74) is 1.59. The maximum Gasteiger partial charge on any atom is 0.317 e. The van der Waals surface area contributed by atoms with Crippen LogP contribution in [0.4, 0.5) is 4.79 Å². The predicted octanol–water partition coefficient (Wildman–Crippen LogP) is 5.43. The van der Waals surface area contributed by atoms with Gasteiger partial charge < -0.3 is 10.2 Å². The molecule has 4 heteroatoms. The summed E-state index contributed by atoms with van der Waals surface area (Å²) in [7, 11) is 0. The van der Waals surface area contributed by atoms with E-state index in [2.05, 4.69) is 22.1 Å². The van der Waals surface area contributed by atoms with Crippen LogP contribution in [0.1, 0.15) is 76.8 Å². The minimum absolute atomic E-state index is 0.127. The molecule has 0 spiro atoms. The minimum Gasteiger partial charge on any atom is -0.338 e. The molecule has 4 aliphatic rings. The summed E-state index contributed by atoms with van der Waals surface area (Å²) >= 11 is 0. The molecule has 1 aromatic heterocycles. The van der Waals surface area contributed by atoms with Crippen LogP contribution >= 0.6 is 0 Å². The fraction of sp³-hybridized carbons (Fsp3) is 0.760. The van der Waals surface area contributed by atoms with Crippen molar-refractivity contribution in [1.82, 2.24) is 15.2 Å². The van der Waals surface area contributed by atoms with Crippen molar-refractivity contribution in [2.75, 3.05) is 19.6 Å². The third-order valence-corrected chi connectivity index (χ3v) is 7.78. The minimum atomic E-state index is 0.127. The highest BCUT2D eigenvalue weighted by Gasteiger charge is 2.50. The van der Waals surface area contributed by atoms with Gasteiger partial charge in [0, 0.05) is 37.9 Å². The highest BCUT2D eigenvalue weighted by Crippen LogP contribution is 2.61. The van der Waals surface area contributed by atoms with Crippen molar-refractivity contribution in [3.8, 4) is 0 Å². The van der Waals surface area contributed by atoms with Gasteiger partial charge in [0.1, 0.15) is 0 Å².